The summed E-state index contributed by atoms with van der Waals surface area (Å²) < 4.78 is 50.0. The Bertz CT molecular complexity index is 1040. The second-order valence-electron chi connectivity index (χ2n) is 6.38. The number of ether oxygens (including phenoxy) is 1. The lowest BCUT2D eigenvalue weighted by Crippen LogP contribution is -2.18. The second kappa shape index (κ2) is 9.21. The molecule has 158 valence electrons. The Labute approximate surface area is 174 Å². The first-order valence-corrected chi connectivity index (χ1v) is 9.82. The Balaban J connectivity index is 1.52. The van der Waals surface area contributed by atoms with Crippen molar-refractivity contribution < 1.29 is 27.1 Å². The van der Waals surface area contributed by atoms with Crippen LogP contribution in [0.4, 0.5) is 18.9 Å². The summed E-state index contributed by atoms with van der Waals surface area (Å²) in [5, 5.41) is 10.0. The molecule has 0 aliphatic carbocycles. The highest BCUT2D eigenvalue weighted by Crippen LogP contribution is 2.34. The van der Waals surface area contributed by atoms with Gasteiger partial charge in [0.15, 0.2) is 6.61 Å². The second-order valence-corrected chi connectivity index (χ2v) is 7.30. The van der Waals surface area contributed by atoms with E-state index in [0.29, 0.717) is 5.75 Å². The van der Waals surface area contributed by atoms with Crippen molar-refractivity contribution in [1.82, 2.24) is 10.2 Å². The quantitative estimate of drug-likeness (QED) is 0.524. The van der Waals surface area contributed by atoms with Gasteiger partial charge in [0.2, 0.25) is 5.91 Å². The van der Waals surface area contributed by atoms with Gasteiger partial charge in [0.25, 0.3) is 11.1 Å². The van der Waals surface area contributed by atoms with Crippen LogP contribution in [0.25, 0.3) is 0 Å². The number of halogens is 3. The number of rotatable bonds is 7. The first kappa shape index (κ1) is 21.7. The standard InChI is InChI=1S/C20H18F3N3O3S/c1-12-7-8-14(9-13(12)2)28-10-18-25-26-19(29-18)30-11-17(27)24-16-6-4-3-5-15(16)20(21,22)23/h3-9H,10-11H2,1-2H3,(H,24,27). The van der Waals surface area contributed by atoms with Gasteiger partial charge in [-0.2, -0.15) is 13.2 Å². The Morgan fingerprint density at radius 2 is 1.90 bits per heavy atom. The van der Waals surface area contributed by atoms with Gasteiger partial charge in [0, 0.05) is 0 Å². The fourth-order valence-electron chi connectivity index (χ4n) is 2.46. The Morgan fingerprint density at radius 3 is 2.63 bits per heavy atom. The van der Waals surface area contributed by atoms with E-state index < -0.39 is 17.6 Å². The fourth-order valence-corrected chi connectivity index (χ4v) is 3.04. The van der Waals surface area contributed by atoms with E-state index in [1.54, 1.807) is 0 Å². The van der Waals surface area contributed by atoms with Crippen LogP contribution in [-0.4, -0.2) is 21.9 Å². The van der Waals surface area contributed by atoms with E-state index in [4.69, 9.17) is 9.15 Å². The Hall–Kier alpha value is -3.01. The number of thioether (sulfide) groups is 1. The van der Waals surface area contributed by atoms with Gasteiger partial charge in [0.1, 0.15) is 5.75 Å². The highest BCUT2D eigenvalue weighted by molar-refractivity contribution is 7.99. The monoisotopic (exact) mass is 437 g/mol. The molecule has 2 aromatic carbocycles. The summed E-state index contributed by atoms with van der Waals surface area (Å²) in [4.78, 5) is 12.0. The molecule has 0 saturated heterocycles. The number of carbonyl (C=O) groups excluding carboxylic acids is 1. The molecular formula is C20H18F3N3O3S. The number of nitrogens with one attached hydrogen (secondary N) is 1. The number of hydrogen-bond donors (Lipinski definition) is 1. The van der Waals surface area contributed by atoms with Crippen molar-refractivity contribution in [3.63, 3.8) is 0 Å². The number of nitrogens with zero attached hydrogens (tertiary/aromatic N) is 2. The van der Waals surface area contributed by atoms with Gasteiger partial charge >= 0.3 is 6.18 Å². The molecule has 0 atom stereocenters. The lowest BCUT2D eigenvalue weighted by Gasteiger charge is -2.13. The van der Waals surface area contributed by atoms with Crippen LogP contribution in [0.15, 0.2) is 52.1 Å². The molecule has 0 saturated carbocycles. The predicted molar refractivity (Wildman–Crippen MR) is 105 cm³/mol. The third-order valence-corrected chi connectivity index (χ3v) is 4.94. The van der Waals surface area contributed by atoms with E-state index in [2.05, 4.69) is 15.5 Å². The smallest absolute Gasteiger partial charge is 0.418 e. The average molecular weight is 437 g/mol. The number of para-hydroxylation sites is 1. The number of alkyl halides is 3. The summed E-state index contributed by atoms with van der Waals surface area (Å²) in [6, 6.07) is 10.4. The number of amides is 1. The molecule has 3 rings (SSSR count). The van der Waals surface area contributed by atoms with E-state index >= 15 is 0 Å². The molecule has 1 aromatic heterocycles. The highest BCUT2D eigenvalue weighted by atomic mass is 32.2. The lowest BCUT2D eigenvalue weighted by molar-refractivity contribution is -0.137. The molecule has 0 unspecified atom stereocenters. The molecule has 0 aliphatic rings. The number of aromatic nitrogens is 2. The van der Waals surface area contributed by atoms with Crippen LogP contribution >= 0.6 is 11.8 Å². The van der Waals surface area contributed by atoms with Crippen LogP contribution in [-0.2, 0) is 17.6 Å². The van der Waals surface area contributed by atoms with Gasteiger partial charge in [-0.1, -0.05) is 30.0 Å². The van der Waals surface area contributed by atoms with Crippen molar-refractivity contribution in [3.05, 3.63) is 65.0 Å². The molecule has 0 spiro atoms. The van der Waals surface area contributed by atoms with Gasteiger partial charge < -0.3 is 14.5 Å². The number of carbonyl (C=O) groups is 1. The molecule has 1 heterocycles. The third kappa shape index (κ3) is 5.76. The summed E-state index contributed by atoms with van der Waals surface area (Å²) in [6.45, 7) is 4.03. The molecule has 1 N–H and O–H groups in total. The molecule has 6 nitrogen and oxygen atoms in total. The Kier molecular flexibility index (Phi) is 6.66. The highest BCUT2D eigenvalue weighted by Gasteiger charge is 2.33. The zero-order valence-corrected chi connectivity index (χ0v) is 16.9. The molecule has 0 radical (unpaired) electrons. The molecular weight excluding hydrogens is 419 g/mol. The van der Waals surface area contributed by atoms with Crippen LogP contribution in [0.5, 0.6) is 5.75 Å². The van der Waals surface area contributed by atoms with Gasteiger partial charge in [-0.05, 0) is 49.2 Å². The summed E-state index contributed by atoms with van der Waals surface area (Å²) >= 11 is 0.919. The maximum absolute atomic E-state index is 13.0. The maximum Gasteiger partial charge on any atom is 0.418 e. The molecule has 0 aliphatic heterocycles. The largest absolute Gasteiger partial charge is 0.484 e. The Morgan fingerprint density at radius 1 is 1.13 bits per heavy atom. The van der Waals surface area contributed by atoms with Gasteiger partial charge in [-0.3, -0.25) is 4.79 Å². The van der Waals surface area contributed by atoms with Gasteiger partial charge in [-0.25, -0.2) is 0 Å². The molecule has 0 bridgehead atoms. The molecule has 30 heavy (non-hydrogen) atoms. The molecule has 0 fully saturated rings. The first-order chi connectivity index (χ1) is 14.2. The van der Waals surface area contributed by atoms with Crippen molar-refractivity contribution in [1.29, 1.82) is 0 Å². The maximum atomic E-state index is 13.0. The van der Waals surface area contributed by atoms with Crippen LogP contribution < -0.4 is 10.1 Å². The van der Waals surface area contributed by atoms with E-state index in [-0.39, 0.29) is 29.2 Å². The SMILES string of the molecule is Cc1ccc(OCc2nnc(SCC(=O)Nc3ccccc3C(F)(F)F)o2)cc1C. The van der Waals surface area contributed by atoms with Crippen molar-refractivity contribution in [3.8, 4) is 5.75 Å². The summed E-state index contributed by atoms with van der Waals surface area (Å²) in [5.41, 5.74) is 1.03. The minimum atomic E-state index is -4.56. The normalized spacial score (nSPS) is 11.4. The molecule has 3 aromatic rings. The van der Waals surface area contributed by atoms with Crippen LogP contribution in [0.1, 0.15) is 22.6 Å². The summed E-state index contributed by atoms with van der Waals surface area (Å²) in [5.74, 6) is 0.0702. The zero-order chi connectivity index (χ0) is 21.7. The van der Waals surface area contributed by atoms with E-state index in [1.165, 1.54) is 18.2 Å². The van der Waals surface area contributed by atoms with E-state index in [0.717, 1.165) is 29.0 Å². The van der Waals surface area contributed by atoms with E-state index in [9.17, 15) is 18.0 Å². The van der Waals surface area contributed by atoms with Crippen LogP contribution in [0.2, 0.25) is 0 Å². The minimum Gasteiger partial charge on any atom is -0.484 e. The third-order valence-electron chi connectivity index (χ3n) is 4.12. The van der Waals surface area contributed by atoms with Crippen molar-refractivity contribution in [2.24, 2.45) is 0 Å². The van der Waals surface area contributed by atoms with Gasteiger partial charge in [-0.15, -0.1) is 10.2 Å². The predicted octanol–water partition coefficient (Wildman–Crippen LogP) is 5.02. The molecule has 1 amide bonds. The summed E-state index contributed by atoms with van der Waals surface area (Å²) in [6.07, 6.45) is -4.56. The lowest BCUT2D eigenvalue weighted by atomic mass is 10.1. The van der Waals surface area contributed by atoms with Crippen molar-refractivity contribution in [2.45, 2.75) is 31.9 Å². The van der Waals surface area contributed by atoms with Crippen LogP contribution in [0.3, 0.4) is 0 Å². The van der Waals surface area contributed by atoms with Crippen LogP contribution in [0, 0.1) is 13.8 Å². The first-order valence-electron chi connectivity index (χ1n) is 8.83. The number of anilines is 1. The summed E-state index contributed by atoms with van der Waals surface area (Å²) in [7, 11) is 0. The zero-order valence-electron chi connectivity index (χ0n) is 16.1. The van der Waals surface area contributed by atoms with Gasteiger partial charge in [0.05, 0.1) is 17.0 Å². The number of hydrogen-bond acceptors (Lipinski definition) is 6. The number of benzene rings is 2. The fraction of sp³-hybridized carbons (Fsp3) is 0.250. The van der Waals surface area contributed by atoms with Crippen molar-refractivity contribution in [2.75, 3.05) is 11.1 Å². The number of aryl methyl sites for hydroxylation is 2. The van der Waals surface area contributed by atoms with E-state index in [1.807, 2.05) is 32.0 Å². The average Bonchev–Trinajstić information content (AvgIpc) is 3.15. The van der Waals surface area contributed by atoms with Crippen molar-refractivity contribution >= 4 is 23.4 Å². The molecule has 10 heteroatoms. The minimum absolute atomic E-state index is 0.0568. The topological polar surface area (TPSA) is 77.2 Å².